The third-order valence-corrected chi connectivity index (χ3v) is 1.68. The van der Waals surface area contributed by atoms with Crippen LogP contribution in [0.2, 0.25) is 0 Å². The van der Waals surface area contributed by atoms with Gasteiger partial charge in [0.05, 0.1) is 19.3 Å². The zero-order valence-corrected chi connectivity index (χ0v) is 7.95. The molecule has 0 aromatic carbocycles. The highest BCUT2D eigenvalue weighted by atomic mass is 16.5. The van der Waals surface area contributed by atoms with E-state index in [0.717, 1.165) is 13.2 Å². The molecule has 1 rings (SSSR count). The molecular weight excluding hydrogens is 152 g/mol. The Morgan fingerprint density at radius 3 is 2.83 bits per heavy atom. The second-order valence-corrected chi connectivity index (χ2v) is 3.12. The second kappa shape index (κ2) is 4.26. The van der Waals surface area contributed by atoms with Gasteiger partial charge in [0, 0.05) is 11.9 Å². The number of aryl methyl sites for hydroxylation is 1. The standard InChI is InChI=1S/C9H16N2O/c1-8(2)12-7-6-11-9(3)4-5-10-11/h4-5,8H,6-7H2,1-3H3. The Bertz CT molecular complexity index is 230. The van der Waals surface area contributed by atoms with Crippen LogP contribution in [0.15, 0.2) is 12.3 Å². The van der Waals surface area contributed by atoms with Crippen LogP contribution in [-0.2, 0) is 11.3 Å². The molecule has 0 radical (unpaired) electrons. The lowest BCUT2D eigenvalue weighted by molar-refractivity contribution is 0.0706. The highest BCUT2D eigenvalue weighted by Crippen LogP contribution is 1.96. The molecule has 0 spiro atoms. The molecule has 3 nitrogen and oxygen atoms in total. The molecule has 0 amide bonds. The van der Waals surface area contributed by atoms with E-state index >= 15 is 0 Å². The number of aromatic nitrogens is 2. The zero-order chi connectivity index (χ0) is 8.97. The third kappa shape index (κ3) is 2.66. The smallest absolute Gasteiger partial charge is 0.0666 e. The van der Waals surface area contributed by atoms with Gasteiger partial charge >= 0.3 is 0 Å². The Balaban J connectivity index is 2.29. The quantitative estimate of drug-likeness (QED) is 0.683. The number of rotatable bonds is 4. The van der Waals surface area contributed by atoms with Crippen molar-refractivity contribution in [2.45, 2.75) is 33.4 Å². The van der Waals surface area contributed by atoms with E-state index in [0.29, 0.717) is 6.10 Å². The molecule has 0 atom stereocenters. The molecule has 0 unspecified atom stereocenters. The minimum atomic E-state index is 0.306. The molecule has 0 aliphatic rings. The molecule has 0 saturated carbocycles. The van der Waals surface area contributed by atoms with Crippen LogP contribution in [0.3, 0.4) is 0 Å². The minimum absolute atomic E-state index is 0.306. The summed E-state index contributed by atoms with van der Waals surface area (Å²) in [4.78, 5) is 0. The van der Waals surface area contributed by atoms with Crippen LogP contribution in [0.25, 0.3) is 0 Å². The third-order valence-electron chi connectivity index (χ3n) is 1.68. The molecule has 0 fully saturated rings. The van der Waals surface area contributed by atoms with E-state index in [2.05, 4.69) is 5.10 Å². The molecule has 0 saturated heterocycles. The second-order valence-electron chi connectivity index (χ2n) is 3.12. The van der Waals surface area contributed by atoms with Gasteiger partial charge in [-0.15, -0.1) is 0 Å². The normalized spacial score (nSPS) is 11.0. The van der Waals surface area contributed by atoms with Crippen molar-refractivity contribution in [3.05, 3.63) is 18.0 Å². The summed E-state index contributed by atoms with van der Waals surface area (Å²) in [5.74, 6) is 0. The average Bonchev–Trinajstić information content (AvgIpc) is 2.36. The molecule has 0 N–H and O–H groups in total. The summed E-state index contributed by atoms with van der Waals surface area (Å²) in [7, 11) is 0. The molecule has 0 aliphatic carbocycles. The summed E-state index contributed by atoms with van der Waals surface area (Å²) in [6.07, 6.45) is 2.12. The van der Waals surface area contributed by atoms with Gasteiger partial charge in [0.2, 0.25) is 0 Å². The highest BCUT2D eigenvalue weighted by molar-refractivity contribution is 4.96. The molecule has 12 heavy (non-hydrogen) atoms. The maximum atomic E-state index is 5.41. The first kappa shape index (κ1) is 9.26. The van der Waals surface area contributed by atoms with Crippen molar-refractivity contribution in [3.8, 4) is 0 Å². The number of nitrogens with zero attached hydrogens (tertiary/aromatic N) is 2. The van der Waals surface area contributed by atoms with E-state index in [9.17, 15) is 0 Å². The van der Waals surface area contributed by atoms with E-state index < -0.39 is 0 Å². The molecule has 68 valence electrons. The zero-order valence-electron chi connectivity index (χ0n) is 7.95. The fourth-order valence-corrected chi connectivity index (χ4v) is 1.01. The van der Waals surface area contributed by atoms with Crippen molar-refractivity contribution in [3.63, 3.8) is 0 Å². The Labute approximate surface area is 73.3 Å². The van der Waals surface area contributed by atoms with E-state index in [1.807, 2.05) is 37.7 Å². The van der Waals surface area contributed by atoms with Crippen LogP contribution in [0.5, 0.6) is 0 Å². The van der Waals surface area contributed by atoms with Crippen LogP contribution < -0.4 is 0 Å². The maximum Gasteiger partial charge on any atom is 0.0666 e. The average molecular weight is 168 g/mol. The van der Waals surface area contributed by atoms with E-state index in [-0.39, 0.29) is 0 Å². The highest BCUT2D eigenvalue weighted by Gasteiger charge is 1.97. The van der Waals surface area contributed by atoms with Crippen molar-refractivity contribution in [1.82, 2.24) is 9.78 Å². The molecule has 3 heteroatoms. The Morgan fingerprint density at radius 1 is 1.58 bits per heavy atom. The number of hydrogen-bond acceptors (Lipinski definition) is 2. The lowest BCUT2D eigenvalue weighted by Crippen LogP contribution is -2.12. The van der Waals surface area contributed by atoms with Gasteiger partial charge in [-0.1, -0.05) is 0 Å². The van der Waals surface area contributed by atoms with E-state index in [1.165, 1.54) is 5.69 Å². The van der Waals surface area contributed by atoms with Crippen LogP contribution in [0.4, 0.5) is 0 Å². The monoisotopic (exact) mass is 168 g/mol. The summed E-state index contributed by atoms with van der Waals surface area (Å²) >= 11 is 0. The fraction of sp³-hybridized carbons (Fsp3) is 0.667. The summed E-state index contributed by atoms with van der Waals surface area (Å²) in [5.41, 5.74) is 1.18. The van der Waals surface area contributed by atoms with Crippen LogP contribution in [-0.4, -0.2) is 22.5 Å². The van der Waals surface area contributed by atoms with Gasteiger partial charge in [-0.25, -0.2) is 0 Å². The first-order chi connectivity index (χ1) is 5.70. The number of hydrogen-bond donors (Lipinski definition) is 0. The van der Waals surface area contributed by atoms with Crippen LogP contribution in [0.1, 0.15) is 19.5 Å². The molecule has 0 aliphatic heterocycles. The first-order valence-corrected chi connectivity index (χ1v) is 4.30. The molecule has 1 aromatic rings. The SMILES string of the molecule is Cc1ccnn1CCOC(C)C. The minimum Gasteiger partial charge on any atom is -0.377 e. The van der Waals surface area contributed by atoms with Gasteiger partial charge in [-0.2, -0.15) is 5.10 Å². The molecule has 1 aromatic heterocycles. The predicted octanol–water partition coefficient (Wildman–Crippen LogP) is 1.62. The van der Waals surface area contributed by atoms with Gasteiger partial charge in [0.25, 0.3) is 0 Å². The summed E-state index contributed by atoms with van der Waals surface area (Å²) < 4.78 is 7.36. The van der Waals surface area contributed by atoms with Gasteiger partial charge in [0.15, 0.2) is 0 Å². The summed E-state index contributed by atoms with van der Waals surface area (Å²) in [6, 6.07) is 2.00. The van der Waals surface area contributed by atoms with Crippen LogP contribution >= 0.6 is 0 Å². The largest absolute Gasteiger partial charge is 0.377 e. The Hall–Kier alpha value is -0.830. The lowest BCUT2D eigenvalue weighted by Gasteiger charge is -2.08. The Morgan fingerprint density at radius 2 is 2.33 bits per heavy atom. The molecule has 1 heterocycles. The van der Waals surface area contributed by atoms with Crippen molar-refractivity contribution in [2.24, 2.45) is 0 Å². The predicted molar refractivity (Wildman–Crippen MR) is 48.1 cm³/mol. The van der Waals surface area contributed by atoms with Crippen molar-refractivity contribution < 1.29 is 4.74 Å². The molecular formula is C9H16N2O. The van der Waals surface area contributed by atoms with Crippen molar-refractivity contribution in [2.75, 3.05) is 6.61 Å². The summed E-state index contributed by atoms with van der Waals surface area (Å²) in [5, 5.41) is 4.15. The van der Waals surface area contributed by atoms with Gasteiger partial charge < -0.3 is 4.74 Å². The van der Waals surface area contributed by atoms with Crippen molar-refractivity contribution >= 4 is 0 Å². The van der Waals surface area contributed by atoms with Crippen molar-refractivity contribution in [1.29, 1.82) is 0 Å². The van der Waals surface area contributed by atoms with E-state index in [1.54, 1.807) is 0 Å². The number of ether oxygens (including phenoxy) is 1. The van der Waals surface area contributed by atoms with Gasteiger partial charge in [-0.05, 0) is 26.8 Å². The van der Waals surface area contributed by atoms with E-state index in [4.69, 9.17) is 4.74 Å². The summed E-state index contributed by atoms with van der Waals surface area (Å²) in [6.45, 7) is 7.70. The maximum absolute atomic E-state index is 5.41. The molecule has 0 bridgehead atoms. The van der Waals surface area contributed by atoms with Crippen LogP contribution in [0, 0.1) is 6.92 Å². The lowest BCUT2D eigenvalue weighted by atomic mass is 10.4. The van der Waals surface area contributed by atoms with Gasteiger partial charge in [-0.3, -0.25) is 4.68 Å². The first-order valence-electron chi connectivity index (χ1n) is 4.30. The Kier molecular flexibility index (Phi) is 3.29. The fourth-order valence-electron chi connectivity index (χ4n) is 1.01. The van der Waals surface area contributed by atoms with Gasteiger partial charge in [0.1, 0.15) is 0 Å². The topological polar surface area (TPSA) is 27.1 Å².